The lowest BCUT2D eigenvalue weighted by molar-refractivity contribution is -0.223. The van der Waals surface area contributed by atoms with Crippen molar-refractivity contribution < 1.29 is 4.84 Å². The van der Waals surface area contributed by atoms with Crippen LogP contribution in [0.5, 0.6) is 0 Å². The van der Waals surface area contributed by atoms with E-state index in [2.05, 4.69) is 40.7 Å². The Morgan fingerprint density at radius 1 is 1.39 bits per heavy atom. The third-order valence-corrected chi connectivity index (χ3v) is 4.57. The molecule has 18 heavy (non-hydrogen) atoms. The highest BCUT2D eigenvalue weighted by Gasteiger charge is 2.49. The molecule has 2 saturated heterocycles. The van der Waals surface area contributed by atoms with Crippen LogP contribution in [0, 0.1) is 5.92 Å². The largest absolute Gasteiger partial charge is 0.314 e. The molecule has 0 saturated carbocycles. The summed E-state index contributed by atoms with van der Waals surface area (Å²) in [5.41, 5.74) is 1.57. The summed E-state index contributed by atoms with van der Waals surface area (Å²) in [4.78, 5) is 5.67. The van der Waals surface area contributed by atoms with E-state index in [-0.39, 0.29) is 5.54 Å². The molecular formula is C15H22N2O. The Labute approximate surface area is 109 Å². The second-order valence-electron chi connectivity index (χ2n) is 5.52. The Morgan fingerprint density at radius 2 is 2.22 bits per heavy atom. The minimum absolute atomic E-state index is 0.161. The lowest BCUT2D eigenvalue weighted by Crippen LogP contribution is -2.58. The molecule has 2 fully saturated rings. The first kappa shape index (κ1) is 12.2. The summed E-state index contributed by atoms with van der Waals surface area (Å²) in [5, 5.41) is 5.80. The van der Waals surface area contributed by atoms with E-state index in [9.17, 15) is 0 Å². The van der Waals surface area contributed by atoms with Gasteiger partial charge in [-0.3, -0.25) is 0 Å². The lowest BCUT2D eigenvalue weighted by atomic mass is 9.76. The predicted octanol–water partition coefficient (Wildman–Crippen LogP) is 1.84. The van der Waals surface area contributed by atoms with Gasteiger partial charge in [0.15, 0.2) is 0 Å². The fraction of sp³-hybridized carbons (Fsp3) is 0.600. The van der Waals surface area contributed by atoms with Crippen molar-refractivity contribution in [3.05, 3.63) is 35.9 Å². The molecule has 0 aromatic heterocycles. The molecule has 3 heteroatoms. The van der Waals surface area contributed by atoms with Crippen LogP contribution >= 0.6 is 0 Å². The van der Waals surface area contributed by atoms with Crippen molar-refractivity contribution in [2.75, 3.05) is 26.7 Å². The highest BCUT2D eigenvalue weighted by Crippen LogP contribution is 2.39. The molecule has 1 aromatic carbocycles. The van der Waals surface area contributed by atoms with Gasteiger partial charge in [0.05, 0.1) is 12.6 Å². The molecule has 0 radical (unpaired) electrons. The van der Waals surface area contributed by atoms with Crippen LogP contribution in [-0.2, 0) is 11.3 Å². The summed E-state index contributed by atoms with van der Waals surface area (Å²) in [6, 6.07) is 10.8. The molecule has 3 rings (SSSR count). The van der Waals surface area contributed by atoms with Gasteiger partial charge in [0.25, 0.3) is 0 Å². The average molecular weight is 246 g/mol. The van der Waals surface area contributed by atoms with Crippen molar-refractivity contribution >= 4 is 0 Å². The van der Waals surface area contributed by atoms with Crippen LogP contribution in [0.4, 0.5) is 0 Å². The van der Waals surface area contributed by atoms with E-state index in [1.54, 1.807) is 0 Å². The normalized spacial score (nSPS) is 32.4. The van der Waals surface area contributed by atoms with E-state index in [1.165, 1.54) is 18.4 Å². The third kappa shape index (κ3) is 1.96. The predicted molar refractivity (Wildman–Crippen MR) is 72.2 cm³/mol. The monoisotopic (exact) mass is 246 g/mol. The highest BCUT2D eigenvalue weighted by molar-refractivity contribution is 5.20. The zero-order valence-corrected chi connectivity index (χ0v) is 11.1. The number of piperidine rings is 1. The molecule has 1 aromatic rings. The van der Waals surface area contributed by atoms with E-state index in [4.69, 9.17) is 4.84 Å². The summed E-state index contributed by atoms with van der Waals surface area (Å²) in [7, 11) is 1.81. The molecule has 0 amide bonds. The Bertz CT molecular complexity index is 395. The van der Waals surface area contributed by atoms with Gasteiger partial charge in [0.2, 0.25) is 0 Å². The number of hydrogen-bond donors (Lipinski definition) is 1. The molecule has 3 nitrogen and oxygen atoms in total. The molecule has 2 aliphatic heterocycles. The molecule has 0 spiro atoms. The molecule has 2 atom stereocenters. The first-order valence-electron chi connectivity index (χ1n) is 6.91. The van der Waals surface area contributed by atoms with Crippen molar-refractivity contribution in [2.24, 2.45) is 5.92 Å². The van der Waals surface area contributed by atoms with Crippen LogP contribution in [0.1, 0.15) is 18.4 Å². The van der Waals surface area contributed by atoms with Crippen molar-refractivity contribution in [2.45, 2.75) is 24.8 Å². The zero-order valence-electron chi connectivity index (χ0n) is 11.1. The quantitative estimate of drug-likeness (QED) is 0.881. The Balaban J connectivity index is 1.88. The summed E-state index contributed by atoms with van der Waals surface area (Å²) < 4.78 is 0. The summed E-state index contributed by atoms with van der Waals surface area (Å²) >= 11 is 0. The molecule has 0 bridgehead atoms. The minimum Gasteiger partial charge on any atom is -0.314 e. The van der Waals surface area contributed by atoms with Crippen molar-refractivity contribution in [1.82, 2.24) is 10.4 Å². The minimum atomic E-state index is 0.161. The van der Waals surface area contributed by atoms with E-state index in [0.717, 1.165) is 26.1 Å². The second kappa shape index (κ2) is 5.00. The fourth-order valence-electron chi connectivity index (χ4n) is 3.68. The first-order valence-corrected chi connectivity index (χ1v) is 6.91. The standard InChI is InChI=1S/C15H22N2O/c1-18-17-9-5-8-14-11-16-12-15(14,17)10-13-6-3-2-4-7-13/h2-4,6-7,14,16H,5,8-12H2,1H3. The van der Waals surface area contributed by atoms with Crippen molar-refractivity contribution in [1.29, 1.82) is 0 Å². The van der Waals surface area contributed by atoms with E-state index >= 15 is 0 Å². The zero-order chi connectivity index (χ0) is 12.4. The van der Waals surface area contributed by atoms with Crippen molar-refractivity contribution in [3.63, 3.8) is 0 Å². The Hall–Kier alpha value is -0.900. The molecule has 2 heterocycles. The third-order valence-electron chi connectivity index (χ3n) is 4.57. The molecule has 2 unspecified atom stereocenters. The van der Waals surface area contributed by atoms with Gasteiger partial charge < -0.3 is 10.2 Å². The lowest BCUT2D eigenvalue weighted by Gasteiger charge is -2.46. The Kier molecular flexibility index (Phi) is 3.37. The Morgan fingerprint density at radius 3 is 3.00 bits per heavy atom. The van der Waals surface area contributed by atoms with Gasteiger partial charge in [-0.05, 0) is 37.3 Å². The van der Waals surface area contributed by atoms with Crippen LogP contribution < -0.4 is 5.32 Å². The summed E-state index contributed by atoms with van der Waals surface area (Å²) in [6.45, 7) is 3.23. The maximum atomic E-state index is 5.67. The van der Waals surface area contributed by atoms with Crippen LogP contribution in [0.2, 0.25) is 0 Å². The maximum Gasteiger partial charge on any atom is 0.0667 e. The number of fused-ring (bicyclic) bond motifs is 1. The van der Waals surface area contributed by atoms with E-state index < -0.39 is 0 Å². The molecule has 2 aliphatic rings. The number of nitrogens with one attached hydrogen (secondary N) is 1. The van der Waals surface area contributed by atoms with Crippen LogP contribution in [0.3, 0.4) is 0 Å². The van der Waals surface area contributed by atoms with Gasteiger partial charge in [-0.2, -0.15) is 5.06 Å². The topological polar surface area (TPSA) is 24.5 Å². The molecular weight excluding hydrogens is 224 g/mol. The van der Waals surface area contributed by atoms with Gasteiger partial charge >= 0.3 is 0 Å². The second-order valence-corrected chi connectivity index (χ2v) is 5.52. The first-order chi connectivity index (χ1) is 8.85. The molecule has 98 valence electrons. The van der Waals surface area contributed by atoms with Gasteiger partial charge in [-0.25, -0.2) is 0 Å². The van der Waals surface area contributed by atoms with Gasteiger partial charge in [0, 0.05) is 13.1 Å². The molecule has 1 N–H and O–H groups in total. The van der Waals surface area contributed by atoms with Gasteiger partial charge in [-0.15, -0.1) is 0 Å². The SMILES string of the molecule is CON1CCCC2CNCC21Cc1ccccc1. The van der Waals surface area contributed by atoms with E-state index in [1.807, 2.05) is 7.11 Å². The fourth-order valence-corrected chi connectivity index (χ4v) is 3.68. The average Bonchev–Trinajstić information content (AvgIpc) is 2.82. The van der Waals surface area contributed by atoms with Crippen LogP contribution in [0.25, 0.3) is 0 Å². The summed E-state index contributed by atoms with van der Waals surface area (Å²) in [5.74, 6) is 0.714. The number of benzene rings is 1. The van der Waals surface area contributed by atoms with E-state index in [0.29, 0.717) is 5.92 Å². The number of nitrogens with zero attached hydrogens (tertiary/aromatic N) is 1. The van der Waals surface area contributed by atoms with Crippen LogP contribution in [-0.4, -0.2) is 37.3 Å². The van der Waals surface area contributed by atoms with Crippen LogP contribution in [0.15, 0.2) is 30.3 Å². The van der Waals surface area contributed by atoms with Gasteiger partial charge in [0.1, 0.15) is 0 Å². The highest BCUT2D eigenvalue weighted by atomic mass is 16.7. The van der Waals surface area contributed by atoms with Gasteiger partial charge in [-0.1, -0.05) is 30.3 Å². The smallest absolute Gasteiger partial charge is 0.0667 e. The van der Waals surface area contributed by atoms with Crippen molar-refractivity contribution in [3.8, 4) is 0 Å². The number of rotatable bonds is 3. The summed E-state index contributed by atoms with van der Waals surface area (Å²) in [6.07, 6.45) is 3.65. The number of hydrogen-bond acceptors (Lipinski definition) is 3. The number of hydroxylamine groups is 2. The maximum absolute atomic E-state index is 5.67. The molecule has 0 aliphatic carbocycles.